The van der Waals surface area contributed by atoms with Crippen LogP contribution in [0.2, 0.25) is 0 Å². The summed E-state index contributed by atoms with van der Waals surface area (Å²) in [5.41, 5.74) is 4.37. The van der Waals surface area contributed by atoms with Crippen molar-refractivity contribution in [1.82, 2.24) is 19.4 Å². The fourth-order valence-electron chi connectivity index (χ4n) is 7.80. The standard InChI is InChI=1S/C38H42N4O5/c43-36(41-20-19-40(37(44)45)24-31(41)21-27-11-3-1-4-12-27)34-35(28-13-5-2-6-14-28)42(26-39-34)33-17-9-10-18-38(33,46)25-47-32-22-29-15-7-8-16-30(29)23-32/h1-8,11-16,26,31-33,46H,9-10,17-25H2,(H,44,45)/t31-,33+,38+/m1/s1. The number of carbonyl (C=O) groups excluding carboxylic acids is 1. The van der Waals surface area contributed by atoms with Gasteiger partial charge < -0.3 is 29.3 Å². The molecule has 0 radical (unpaired) electrons. The highest BCUT2D eigenvalue weighted by Crippen LogP contribution is 2.42. The first-order valence-corrected chi connectivity index (χ1v) is 16.8. The summed E-state index contributed by atoms with van der Waals surface area (Å²) in [6, 6.07) is 27.4. The van der Waals surface area contributed by atoms with Gasteiger partial charge in [-0.1, -0.05) is 97.8 Å². The summed E-state index contributed by atoms with van der Waals surface area (Å²) < 4.78 is 8.47. The molecule has 0 unspecified atom stereocenters. The van der Waals surface area contributed by atoms with Gasteiger partial charge >= 0.3 is 6.09 Å². The molecule has 1 saturated carbocycles. The third-order valence-corrected chi connectivity index (χ3v) is 10.2. The summed E-state index contributed by atoms with van der Waals surface area (Å²) >= 11 is 0. The smallest absolute Gasteiger partial charge is 0.407 e. The van der Waals surface area contributed by atoms with Gasteiger partial charge in [-0.2, -0.15) is 0 Å². The van der Waals surface area contributed by atoms with Crippen molar-refractivity contribution in [3.05, 3.63) is 114 Å². The molecular formula is C38H42N4O5. The highest BCUT2D eigenvalue weighted by molar-refractivity contribution is 5.98. The maximum absolute atomic E-state index is 14.5. The van der Waals surface area contributed by atoms with Gasteiger partial charge in [-0.05, 0) is 48.8 Å². The van der Waals surface area contributed by atoms with E-state index in [-0.39, 0.29) is 50.3 Å². The van der Waals surface area contributed by atoms with Gasteiger partial charge in [0.15, 0.2) is 5.69 Å². The van der Waals surface area contributed by atoms with E-state index < -0.39 is 11.7 Å². The third-order valence-electron chi connectivity index (χ3n) is 10.2. The molecule has 1 aliphatic heterocycles. The van der Waals surface area contributed by atoms with Crippen LogP contribution in [-0.4, -0.2) is 85.6 Å². The van der Waals surface area contributed by atoms with Crippen molar-refractivity contribution in [3.8, 4) is 11.3 Å². The molecule has 1 saturated heterocycles. The van der Waals surface area contributed by atoms with Crippen molar-refractivity contribution in [2.75, 3.05) is 26.2 Å². The number of imidazole rings is 1. The summed E-state index contributed by atoms with van der Waals surface area (Å²) in [4.78, 5) is 34.4. The normalized spacial score (nSPS) is 23.1. The van der Waals surface area contributed by atoms with E-state index in [0.717, 1.165) is 43.2 Å². The van der Waals surface area contributed by atoms with Crippen molar-refractivity contribution in [3.63, 3.8) is 0 Å². The minimum Gasteiger partial charge on any atom is -0.465 e. The van der Waals surface area contributed by atoms with Gasteiger partial charge in [-0.15, -0.1) is 0 Å². The monoisotopic (exact) mass is 634 g/mol. The van der Waals surface area contributed by atoms with E-state index in [4.69, 9.17) is 9.72 Å². The van der Waals surface area contributed by atoms with Crippen LogP contribution < -0.4 is 0 Å². The Kier molecular flexibility index (Phi) is 8.84. The number of carbonyl (C=O) groups is 2. The van der Waals surface area contributed by atoms with Crippen molar-refractivity contribution in [2.45, 2.75) is 68.7 Å². The lowest BCUT2D eigenvalue weighted by atomic mass is 9.80. The number of piperazine rings is 1. The Morgan fingerprint density at radius 3 is 2.28 bits per heavy atom. The maximum atomic E-state index is 14.5. The molecule has 9 nitrogen and oxygen atoms in total. The number of carboxylic acid groups (broad SMARTS) is 1. The first-order chi connectivity index (χ1) is 22.9. The van der Waals surface area contributed by atoms with Crippen molar-refractivity contribution >= 4 is 12.0 Å². The van der Waals surface area contributed by atoms with Crippen LogP contribution in [-0.2, 0) is 24.0 Å². The van der Waals surface area contributed by atoms with Crippen molar-refractivity contribution in [2.24, 2.45) is 0 Å². The van der Waals surface area contributed by atoms with Gasteiger partial charge in [0.25, 0.3) is 5.91 Å². The Morgan fingerprint density at radius 1 is 0.894 bits per heavy atom. The number of hydrogen-bond donors (Lipinski definition) is 2. The highest BCUT2D eigenvalue weighted by atomic mass is 16.5. The Bertz CT molecular complexity index is 1680. The number of rotatable bonds is 8. The minimum atomic E-state index is -1.12. The van der Waals surface area contributed by atoms with Crippen LogP contribution in [0.4, 0.5) is 4.79 Å². The molecule has 3 atom stereocenters. The average molecular weight is 635 g/mol. The molecule has 0 bridgehead atoms. The number of amides is 2. The van der Waals surface area contributed by atoms with E-state index in [1.54, 1.807) is 11.2 Å². The second kappa shape index (κ2) is 13.3. The molecule has 1 aromatic heterocycles. The van der Waals surface area contributed by atoms with Gasteiger partial charge in [-0.25, -0.2) is 9.78 Å². The minimum absolute atomic E-state index is 0.0264. The molecule has 2 fully saturated rings. The van der Waals surface area contributed by atoms with E-state index in [0.29, 0.717) is 24.2 Å². The molecule has 244 valence electrons. The van der Waals surface area contributed by atoms with Gasteiger partial charge in [0.1, 0.15) is 5.60 Å². The fraction of sp³-hybridized carbons (Fsp3) is 0.395. The molecule has 3 aromatic carbocycles. The largest absolute Gasteiger partial charge is 0.465 e. The second-order valence-corrected chi connectivity index (χ2v) is 13.3. The third kappa shape index (κ3) is 6.42. The van der Waals surface area contributed by atoms with Gasteiger partial charge in [0.05, 0.1) is 36.8 Å². The first kappa shape index (κ1) is 31.1. The van der Waals surface area contributed by atoms with Gasteiger partial charge in [0, 0.05) is 25.2 Å². The highest BCUT2D eigenvalue weighted by Gasteiger charge is 2.44. The van der Waals surface area contributed by atoms with Gasteiger partial charge in [0.2, 0.25) is 0 Å². The maximum Gasteiger partial charge on any atom is 0.407 e. The number of hydrogen-bond acceptors (Lipinski definition) is 5. The summed E-state index contributed by atoms with van der Waals surface area (Å²) in [5.74, 6) is -0.229. The molecular weight excluding hydrogens is 592 g/mol. The zero-order valence-corrected chi connectivity index (χ0v) is 26.6. The van der Waals surface area contributed by atoms with Crippen molar-refractivity contribution in [1.29, 1.82) is 0 Å². The van der Waals surface area contributed by atoms with Crippen molar-refractivity contribution < 1.29 is 24.5 Å². The molecule has 2 amide bonds. The molecule has 4 aromatic rings. The van der Waals surface area contributed by atoms with Crippen LogP contribution in [0.3, 0.4) is 0 Å². The molecule has 2 aliphatic carbocycles. The van der Waals surface area contributed by atoms with E-state index in [1.165, 1.54) is 16.0 Å². The SMILES string of the molecule is O=C(O)N1CCN(C(=O)c2ncn([C@H]3CCCC[C@]3(O)COC3Cc4ccccc4C3)c2-c2ccccc2)[C@H](Cc2ccccc2)C1. The van der Waals surface area contributed by atoms with E-state index in [1.807, 2.05) is 65.2 Å². The van der Waals surface area contributed by atoms with Gasteiger partial charge in [-0.3, -0.25) is 4.79 Å². The van der Waals surface area contributed by atoms with Crippen LogP contribution >= 0.6 is 0 Å². The lowest BCUT2D eigenvalue weighted by molar-refractivity contribution is -0.115. The fourth-order valence-corrected chi connectivity index (χ4v) is 7.80. The lowest BCUT2D eigenvalue weighted by Gasteiger charge is -2.42. The number of nitrogens with zero attached hydrogens (tertiary/aromatic N) is 4. The van der Waals surface area contributed by atoms with Crippen LogP contribution in [0.5, 0.6) is 0 Å². The average Bonchev–Trinajstić information content (AvgIpc) is 3.73. The Balaban J connectivity index is 1.19. The predicted octanol–water partition coefficient (Wildman–Crippen LogP) is 5.63. The quantitative estimate of drug-likeness (QED) is 0.260. The number of ether oxygens (including phenoxy) is 1. The Labute approximate surface area is 275 Å². The van der Waals surface area contributed by atoms with Crippen LogP contribution in [0.15, 0.2) is 91.3 Å². The van der Waals surface area contributed by atoms with Crippen LogP contribution in [0, 0.1) is 0 Å². The Morgan fingerprint density at radius 2 is 1.57 bits per heavy atom. The number of aliphatic hydroxyl groups is 1. The molecule has 2 N–H and O–H groups in total. The zero-order chi connectivity index (χ0) is 32.4. The number of fused-ring (bicyclic) bond motifs is 1. The summed E-state index contributed by atoms with van der Waals surface area (Å²) in [6.07, 6.45) is 6.16. The summed E-state index contributed by atoms with van der Waals surface area (Å²) in [5, 5.41) is 22.1. The molecule has 7 rings (SSSR count). The van der Waals surface area contributed by atoms with E-state index >= 15 is 0 Å². The molecule has 3 aliphatic rings. The topological polar surface area (TPSA) is 108 Å². The first-order valence-electron chi connectivity index (χ1n) is 16.8. The lowest BCUT2D eigenvalue weighted by Crippen LogP contribution is -2.57. The summed E-state index contributed by atoms with van der Waals surface area (Å²) in [6.45, 7) is 0.942. The molecule has 2 heterocycles. The van der Waals surface area contributed by atoms with Crippen LogP contribution in [0.1, 0.15) is 58.9 Å². The van der Waals surface area contributed by atoms with Crippen LogP contribution in [0.25, 0.3) is 11.3 Å². The predicted molar refractivity (Wildman–Crippen MR) is 178 cm³/mol. The second-order valence-electron chi connectivity index (χ2n) is 13.3. The van der Waals surface area contributed by atoms with E-state index in [2.05, 4.69) is 24.3 Å². The van der Waals surface area contributed by atoms with E-state index in [9.17, 15) is 19.8 Å². The Hall–Kier alpha value is -4.47. The zero-order valence-electron chi connectivity index (χ0n) is 26.6. The molecule has 9 heteroatoms. The number of aromatic nitrogens is 2. The number of benzene rings is 3. The molecule has 0 spiro atoms. The molecule has 47 heavy (non-hydrogen) atoms. The summed E-state index contributed by atoms with van der Waals surface area (Å²) in [7, 11) is 0.